The molecule has 0 bridgehead atoms. The average molecular weight is 413 g/mol. The SMILES string of the molecule is COc1ccc2c(c1O)-c1cc(Br)cc3c1[C@@H](C2)[N+](C)([O-])CC3.Cl. The lowest BCUT2D eigenvalue weighted by Gasteiger charge is -2.51. The molecule has 24 heavy (non-hydrogen) atoms. The topological polar surface area (TPSA) is 52.5 Å². The minimum absolute atomic E-state index is 0. The minimum atomic E-state index is -0.256. The third kappa shape index (κ3) is 2.42. The van der Waals surface area contributed by atoms with Crippen LogP contribution in [0.1, 0.15) is 22.7 Å². The summed E-state index contributed by atoms with van der Waals surface area (Å²) in [5, 5.41) is 23.6. The Labute approximate surface area is 155 Å². The summed E-state index contributed by atoms with van der Waals surface area (Å²) in [7, 11) is 3.31. The molecule has 0 saturated carbocycles. The van der Waals surface area contributed by atoms with Gasteiger partial charge in [-0.05, 0) is 34.9 Å². The van der Waals surface area contributed by atoms with Crippen LogP contribution in [0, 0.1) is 5.21 Å². The maximum absolute atomic E-state index is 13.0. The number of hydrogen-bond acceptors (Lipinski definition) is 3. The Morgan fingerprint density at radius 2 is 2.04 bits per heavy atom. The number of phenolic OH excluding ortho intramolecular Hbond substituents is 1. The Balaban J connectivity index is 0.00000169. The summed E-state index contributed by atoms with van der Waals surface area (Å²) in [6, 6.07) is 7.74. The maximum atomic E-state index is 13.0. The molecule has 0 fully saturated rings. The summed E-state index contributed by atoms with van der Waals surface area (Å²) < 4.78 is 5.99. The number of aromatic hydroxyl groups is 1. The molecule has 2 atom stereocenters. The van der Waals surface area contributed by atoms with E-state index >= 15 is 0 Å². The first-order valence-electron chi connectivity index (χ1n) is 7.70. The molecule has 0 radical (unpaired) electrons. The van der Waals surface area contributed by atoms with Gasteiger partial charge in [0.25, 0.3) is 0 Å². The van der Waals surface area contributed by atoms with E-state index in [1.807, 2.05) is 12.1 Å². The fourth-order valence-electron chi connectivity index (χ4n) is 4.01. The van der Waals surface area contributed by atoms with Crippen molar-refractivity contribution in [1.82, 2.24) is 0 Å². The van der Waals surface area contributed by atoms with Gasteiger partial charge in [-0.1, -0.05) is 22.0 Å². The molecule has 1 N–H and O–H groups in total. The van der Waals surface area contributed by atoms with Crippen LogP contribution in [0.15, 0.2) is 28.7 Å². The van der Waals surface area contributed by atoms with Crippen LogP contribution in [0.25, 0.3) is 11.1 Å². The Bertz CT molecular complexity index is 822. The number of halogens is 2. The molecule has 2 aromatic rings. The minimum Gasteiger partial charge on any atom is -0.633 e. The van der Waals surface area contributed by atoms with E-state index in [1.54, 1.807) is 20.2 Å². The molecule has 0 spiro atoms. The normalized spacial score (nSPS) is 23.8. The van der Waals surface area contributed by atoms with Gasteiger partial charge in [-0.3, -0.25) is 0 Å². The molecular weight excluding hydrogens is 394 g/mol. The van der Waals surface area contributed by atoms with Crippen molar-refractivity contribution in [3.8, 4) is 22.6 Å². The van der Waals surface area contributed by atoms with Crippen molar-refractivity contribution in [2.45, 2.75) is 18.9 Å². The van der Waals surface area contributed by atoms with E-state index in [1.165, 1.54) is 5.56 Å². The standard InChI is InChI=1S/C18H18BrNO3.ClH/c1-20(22)6-5-11-7-12(19)9-13-16(11)14(20)8-10-3-4-15(23-2)18(21)17(10)13;/h3-4,7,9,14,21H,5-6,8H2,1-2H3;1H/t14-,20?;/m1./s1. The van der Waals surface area contributed by atoms with E-state index < -0.39 is 0 Å². The molecule has 2 aromatic carbocycles. The van der Waals surface area contributed by atoms with Crippen molar-refractivity contribution in [2.75, 3.05) is 20.7 Å². The van der Waals surface area contributed by atoms with Crippen molar-refractivity contribution >= 4 is 28.3 Å². The summed E-state index contributed by atoms with van der Waals surface area (Å²) in [5.74, 6) is 0.625. The number of hydrogen-bond donors (Lipinski definition) is 1. The predicted molar refractivity (Wildman–Crippen MR) is 99.6 cm³/mol. The van der Waals surface area contributed by atoms with Crippen LogP contribution in [-0.4, -0.2) is 30.5 Å². The van der Waals surface area contributed by atoms with Crippen LogP contribution in [0.2, 0.25) is 0 Å². The fraction of sp³-hybridized carbons (Fsp3) is 0.333. The third-order valence-corrected chi connectivity index (χ3v) is 5.64. The second kappa shape index (κ2) is 5.92. The van der Waals surface area contributed by atoms with E-state index in [9.17, 15) is 10.3 Å². The number of likely N-dealkylation sites (N-methyl/N-ethyl adjacent to an activating group) is 1. The van der Waals surface area contributed by atoms with Gasteiger partial charge in [0.1, 0.15) is 6.04 Å². The van der Waals surface area contributed by atoms with Gasteiger partial charge in [0, 0.05) is 28.4 Å². The smallest absolute Gasteiger partial charge is 0.165 e. The number of phenols is 1. The van der Waals surface area contributed by atoms with Crippen LogP contribution < -0.4 is 4.74 Å². The lowest BCUT2D eigenvalue weighted by Crippen LogP contribution is -2.48. The zero-order valence-electron chi connectivity index (χ0n) is 13.5. The molecule has 1 aliphatic carbocycles. The number of hydroxylamine groups is 3. The summed E-state index contributed by atoms with van der Waals surface area (Å²) >= 11 is 3.57. The Kier molecular flexibility index (Phi) is 4.33. The summed E-state index contributed by atoms with van der Waals surface area (Å²) in [6.45, 7) is 0.588. The van der Waals surface area contributed by atoms with Gasteiger partial charge in [-0.25, -0.2) is 0 Å². The zero-order chi connectivity index (χ0) is 16.4. The molecular formula is C18H19BrClNO3. The van der Waals surface area contributed by atoms with Gasteiger partial charge in [-0.2, -0.15) is 0 Å². The fourth-order valence-corrected chi connectivity index (χ4v) is 4.51. The maximum Gasteiger partial charge on any atom is 0.165 e. The van der Waals surface area contributed by atoms with Gasteiger partial charge in [0.15, 0.2) is 11.5 Å². The number of rotatable bonds is 1. The summed E-state index contributed by atoms with van der Waals surface area (Å²) in [4.78, 5) is 0. The first-order valence-corrected chi connectivity index (χ1v) is 8.49. The summed E-state index contributed by atoms with van der Waals surface area (Å²) in [6.07, 6.45) is 1.41. The van der Waals surface area contributed by atoms with Crippen LogP contribution in [0.3, 0.4) is 0 Å². The van der Waals surface area contributed by atoms with Crippen molar-refractivity contribution < 1.29 is 14.5 Å². The molecule has 1 aliphatic heterocycles. The quantitative estimate of drug-likeness (QED) is 0.559. The van der Waals surface area contributed by atoms with E-state index in [0.29, 0.717) is 18.7 Å². The lowest BCUT2D eigenvalue weighted by atomic mass is 9.76. The molecule has 0 aromatic heterocycles. The van der Waals surface area contributed by atoms with E-state index in [2.05, 4.69) is 22.0 Å². The monoisotopic (exact) mass is 411 g/mol. The van der Waals surface area contributed by atoms with Crippen LogP contribution in [0.5, 0.6) is 11.5 Å². The molecule has 1 heterocycles. The highest BCUT2D eigenvalue weighted by atomic mass is 79.9. The third-order valence-electron chi connectivity index (χ3n) is 5.18. The van der Waals surface area contributed by atoms with Gasteiger partial charge in [0.2, 0.25) is 0 Å². The van der Waals surface area contributed by atoms with Crippen LogP contribution in [-0.2, 0) is 12.8 Å². The first kappa shape index (κ1) is 17.5. The highest BCUT2D eigenvalue weighted by Crippen LogP contribution is 2.52. The van der Waals surface area contributed by atoms with Crippen LogP contribution >= 0.6 is 28.3 Å². The molecule has 6 heteroatoms. The van der Waals surface area contributed by atoms with Crippen molar-refractivity contribution in [3.63, 3.8) is 0 Å². The molecule has 4 nitrogen and oxygen atoms in total. The Morgan fingerprint density at radius 1 is 1.29 bits per heavy atom. The number of fused-ring (bicyclic) bond motifs is 2. The number of ether oxygens (including phenoxy) is 1. The number of methoxy groups -OCH3 is 1. The number of nitrogens with zero attached hydrogens (tertiary/aromatic N) is 1. The highest BCUT2D eigenvalue weighted by molar-refractivity contribution is 9.10. The number of quaternary nitrogens is 1. The van der Waals surface area contributed by atoms with Crippen molar-refractivity contribution in [1.29, 1.82) is 0 Å². The van der Waals surface area contributed by atoms with Crippen molar-refractivity contribution in [3.05, 3.63) is 50.6 Å². The Morgan fingerprint density at radius 3 is 2.75 bits per heavy atom. The molecule has 2 aliphatic rings. The van der Waals surface area contributed by atoms with E-state index in [0.717, 1.165) is 33.1 Å². The predicted octanol–water partition coefficient (Wildman–Crippen LogP) is 4.35. The van der Waals surface area contributed by atoms with Gasteiger partial charge in [0.05, 0.1) is 20.7 Å². The first-order chi connectivity index (χ1) is 10.9. The Hall–Kier alpha value is -1.27. The summed E-state index contributed by atoms with van der Waals surface area (Å²) in [5.41, 5.74) is 5.07. The van der Waals surface area contributed by atoms with Gasteiger partial charge >= 0.3 is 0 Å². The van der Waals surface area contributed by atoms with Gasteiger partial charge in [-0.15, -0.1) is 12.4 Å². The largest absolute Gasteiger partial charge is 0.633 e. The molecule has 1 unspecified atom stereocenters. The van der Waals surface area contributed by atoms with Crippen molar-refractivity contribution in [2.24, 2.45) is 0 Å². The lowest BCUT2D eigenvalue weighted by molar-refractivity contribution is -0.894. The van der Waals surface area contributed by atoms with E-state index in [-0.39, 0.29) is 28.8 Å². The molecule has 0 amide bonds. The molecule has 0 saturated heterocycles. The second-order valence-corrected chi connectivity index (χ2v) is 7.46. The zero-order valence-corrected chi connectivity index (χ0v) is 15.9. The molecule has 4 rings (SSSR count). The van der Waals surface area contributed by atoms with Gasteiger partial charge < -0.3 is 19.7 Å². The number of benzene rings is 2. The second-order valence-electron chi connectivity index (χ2n) is 6.54. The van der Waals surface area contributed by atoms with Crippen LogP contribution in [0.4, 0.5) is 0 Å². The van der Waals surface area contributed by atoms with E-state index in [4.69, 9.17) is 4.74 Å². The average Bonchev–Trinajstić information content (AvgIpc) is 2.50. The molecule has 128 valence electrons. The highest BCUT2D eigenvalue weighted by Gasteiger charge is 2.40.